The molecule has 0 aliphatic carbocycles. The Hall–Kier alpha value is -0.645. The maximum Gasteiger partial charge on any atom is 0.313 e. The van der Waals surface area contributed by atoms with Gasteiger partial charge >= 0.3 is 5.97 Å². The Morgan fingerprint density at radius 3 is 2.55 bits per heavy atom. The number of aliphatic carboxylic acids is 1. The molecule has 0 rings (SSSR count). The van der Waals surface area contributed by atoms with Crippen LogP contribution >= 0.6 is 11.8 Å². The Bertz CT molecular complexity index is 153. The van der Waals surface area contributed by atoms with Crippen LogP contribution in [0.2, 0.25) is 0 Å². The van der Waals surface area contributed by atoms with E-state index in [9.17, 15) is 9.59 Å². The standard InChI is InChI=1S/C5H10BNO3S/c6-3-7-4(8)1-11-2-5(9)10/h1-3,6H2,(H,7,8)(H,9,10). The summed E-state index contributed by atoms with van der Waals surface area (Å²) >= 11 is 1.10. The summed E-state index contributed by atoms with van der Waals surface area (Å²) in [6.45, 7) is 0. The average Bonchev–Trinajstić information content (AvgIpc) is 1.87. The summed E-state index contributed by atoms with van der Waals surface area (Å²) in [5, 5.41) is 10.8. The number of carbonyl (C=O) groups excluding carboxylic acids is 1. The van der Waals surface area contributed by atoms with Crippen molar-refractivity contribution in [3.05, 3.63) is 0 Å². The predicted molar refractivity (Wildman–Crippen MR) is 46.5 cm³/mol. The number of carbonyl (C=O) groups is 2. The smallest absolute Gasteiger partial charge is 0.313 e. The summed E-state index contributed by atoms with van der Waals surface area (Å²) in [4.78, 5) is 20.7. The zero-order chi connectivity index (χ0) is 8.69. The molecule has 0 bridgehead atoms. The molecule has 0 aromatic rings. The first-order valence-corrected chi connectivity index (χ1v) is 4.38. The summed E-state index contributed by atoms with van der Waals surface area (Å²) in [6.07, 6.45) is 0.590. The molecule has 0 saturated heterocycles. The van der Waals surface area contributed by atoms with Gasteiger partial charge in [-0.15, -0.1) is 11.8 Å². The van der Waals surface area contributed by atoms with E-state index in [1.165, 1.54) is 0 Å². The highest BCUT2D eigenvalue weighted by molar-refractivity contribution is 8.00. The van der Waals surface area contributed by atoms with Gasteiger partial charge in [0, 0.05) is 0 Å². The van der Waals surface area contributed by atoms with Gasteiger partial charge in [0.15, 0.2) is 0 Å². The molecule has 0 spiro atoms. The van der Waals surface area contributed by atoms with E-state index < -0.39 is 5.97 Å². The molecule has 6 heteroatoms. The predicted octanol–water partition coefficient (Wildman–Crippen LogP) is -1.49. The lowest BCUT2D eigenvalue weighted by atomic mass is 10.2. The zero-order valence-corrected chi connectivity index (χ0v) is 7.11. The highest BCUT2D eigenvalue weighted by Crippen LogP contribution is 1.97. The van der Waals surface area contributed by atoms with Gasteiger partial charge in [-0.05, 0) is 6.44 Å². The molecule has 0 unspecified atom stereocenters. The number of carboxylic acids is 1. The highest BCUT2D eigenvalue weighted by Gasteiger charge is 2.01. The van der Waals surface area contributed by atoms with Crippen LogP contribution in [0.1, 0.15) is 0 Å². The normalized spacial score (nSPS) is 9.09. The second kappa shape index (κ2) is 6.09. The van der Waals surface area contributed by atoms with Crippen LogP contribution in [0.25, 0.3) is 0 Å². The van der Waals surface area contributed by atoms with Gasteiger partial charge in [-0.25, -0.2) is 0 Å². The monoisotopic (exact) mass is 175 g/mol. The van der Waals surface area contributed by atoms with Crippen LogP contribution in [0, 0.1) is 0 Å². The van der Waals surface area contributed by atoms with Crippen LogP contribution in [-0.4, -0.2) is 42.8 Å². The van der Waals surface area contributed by atoms with Gasteiger partial charge in [0.1, 0.15) is 7.85 Å². The SMILES string of the molecule is BCNC(=O)CSCC(=O)O. The van der Waals surface area contributed by atoms with Crippen molar-refractivity contribution in [3.63, 3.8) is 0 Å². The number of hydrogen-bond donors (Lipinski definition) is 2. The van der Waals surface area contributed by atoms with Crippen molar-refractivity contribution in [1.82, 2.24) is 5.32 Å². The first kappa shape index (κ1) is 10.4. The first-order valence-electron chi connectivity index (χ1n) is 3.23. The molecule has 0 aromatic carbocycles. The van der Waals surface area contributed by atoms with Crippen LogP contribution in [0.3, 0.4) is 0 Å². The van der Waals surface area contributed by atoms with Gasteiger partial charge < -0.3 is 10.4 Å². The molecular formula is C5H10BNO3S. The molecule has 4 nitrogen and oxygen atoms in total. The average molecular weight is 175 g/mol. The number of thioether (sulfide) groups is 1. The second-order valence-electron chi connectivity index (χ2n) is 1.84. The Balaban J connectivity index is 3.24. The van der Waals surface area contributed by atoms with Gasteiger partial charge in [-0.1, -0.05) is 0 Å². The molecule has 11 heavy (non-hydrogen) atoms. The maximum absolute atomic E-state index is 10.7. The molecule has 0 aromatic heterocycles. The van der Waals surface area contributed by atoms with Gasteiger partial charge in [-0.3, -0.25) is 9.59 Å². The molecule has 0 aliphatic heterocycles. The third kappa shape index (κ3) is 7.25. The van der Waals surface area contributed by atoms with Gasteiger partial charge in [-0.2, -0.15) is 0 Å². The lowest BCUT2D eigenvalue weighted by Gasteiger charge is -1.98. The van der Waals surface area contributed by atoms with E-state index in [0.29, 0.717) is 6.44 Å². The van der Waals surface area contributed by atoms with Gasteiger partial charge in [0.05, 0.1) is 11.5 Å². The van der Waals surface area contributed by atoms with Crippen molar-refractivity contribution in [2.75, 3.05) is 17.9 Å². The van der Waals surface area contributed by atoms with Crippen LogP contribution in [0.5, 0.6) is 0 Å². The van der Waals surface area contributed by atoms with Gasteiger partial charge in [0.2, 0.25) is 5.91 Å². The zero-order valence-electron chi connectivity index (χ0n) is 6.29. The highest BCUT2D eigenvalue weighted by atomic mass is 32.2. The fraction of sp³-hybridized carbons (Fsp3) is 0.600. The minimum Gasteiger partial charge on any atom is -0.481 e. The van der Waals surface area contributed by atoms with Crippen molar-refractivity contribution >= 4 is 31.5 Å². The van der Waals surface area contributed by atoms with Crippen molar-refractivity contribution in [2.45, 2.75) is 0 Å². The Morgan fingerprint density at radius 1 is 1.45 bits per heavy atom. The molecule has 0 heterocycles. The molecule has 1 amide bonds. The molecule has 0 radical (unpaired) electrons. The van der Waals surface area contributed by atoms with E-state index in [4.69, 9.17) is 5.11 Å². The summed E-state index contributed by atoms with van der Waals surface area (Å²) in [5.74, 6) is -0.796. The third-order valence-corrected chi connectivity index (χ3v) is 1.75. The lowest BCUT2D eigenvalue weighted by molar-refractivity contribution is -0.133. The van der Waals surface area contributed by atoms with Crippen LogP contribution < -0.4 is 5.32 Å². The van der Waals surface area contributed by atoms with E-state index in [1.807, 2.05) is 7.85 Å². The van der Waals surface area contributed by atoms with Gasteiger partial charge in [0.25, 0.3) is 0 Å². The fourth-order valence-corrected chi connectivity index (χ4v) is 1.04. The summed E-state index contributed by atoms with van der Waals surface area (Å²) in [5.41, 5.74) is 0. The van der Waals surface area contributed by atoms with E-state index >= 15 is 0 Å². The van der Waals surface area contributed by atoms with Crippen molar-refractivity contribution in [1.29, 1.82) is 0 Å². The largest absolute Gasteiger partial charge is 0.481 e. The van der Waals surface area contributed by atoms with E-state index in [2.05, 4.69) is 5.32 Å². The minimum atomic E-state index is -0.890. The Morgan fingerprint density at radius 2 is 2.09 bits per heavy atom. The van der Waals surface area contributed by atoms with Crippen molar-refractivity contribution < 1.29 is 14.7 Å². The quantitative estimate of drug-likeness (QED) is 0.499. The number of carboxylic acid groups (broad SMARTS) is 1. The Kier molecular flexibility index (Phi) is 5.73. The van der Waals surface area contributed by atoms with Crippen molar-refractivity contribution in [3.8, 4) is 0 Å². The summed E-state index contributed by atoms with van der Waals surface area (Å²) in [6, 6.07) is 0. The number of amides is 1. The minimum absolute atomic E-state index is 0.0167. The topological polar surface area (TPSA) is 66.4 Å². The molecule has 0 atom stereocenters. The molecule has 62 valence electrons. The number of nitrogens with one attached hydrogen (secondary N) is 1. The van der Waals surface area contributed by atoms with E-state index in [0.717, 1.165) is 11.8 Å². The molecule has 0 fully saturated rings. The lowest BCUT2D eigenvalue weighted by Crippen LogP contribution is -2.26. The first-order chi connectivity index (χ1) is 5.16. The van der Waals surface area contributed by atoms with Crippen molar-refractivity contribution in [2.24, 2.45) is 0 Å². The van der Waals surface area contributed by atoms with Crippen LogP contribution in [0.4, 0.5) is 0 Å². The van der Waals surface area contributed by atoms with E-state index in [-0.39, 0.29) is 17.4 Å². The van der Waals surface area contributed by atoms with E-state index in [1.54, 1.807) is 0 Å². The van der Waals surface area contributed by atoms with Crippen LogP contribution in [-0.2, 0) is 9.59 Å². The number of hydrogen-bond acceptors (Lipinski definition) is 3. The molecule has 2 N–H and O–H groups in total. The molecule has 0 saturated carbocycles. The molecule has 0 aliphatic rings. The molecular weight excluding hydrogens is 165 g/mol. The number of rotatable bonds is 5. The summed E-state index contributed by atoms with van der Waals surface area (Å²) in [7, 11) is 1.82. The second-order valence-corrected chi connectivity index (χ2v) is 2.83. The Labute approximate surface area is 70.1 Å². The summed E-state index contributed by atoms with van der Waals surface area (Å²) < 4.78 is 0. The third-order valence-electron chi connectivity index (χ3n) is 0.833. The van der Waals surface area contributed by atoms with Crippen LogP contribution in [0.15, 0.2) is 0 Å². The maximum atomic E-state index is 10.7. The fourth-order valence-electron chi connectivity index (χ4n) is 0.479.